The fourth-order valence-electron chi connectivity index (χ4n) is 4.42. The second-order valence-electron chi connectivity index (χ2n) is 9.48. The molecule has 0 aliphatic carbocycles. The van der Waals surface area contributed by atoms with E-state index in [1.807, 2.05) is 0 Å². The van der Waals surface area contributed by atoms with Gasteiger partial charge in [0.1, 0.15) is 8.24 Å². The molecule has 0 bridgehead atoms. The molecule has 0 fully saturated rings. The second-order valence-corrected chi connectivity index (χ2v) is 13.6. The first kappa shape index (κ1) is 24.2. The summed E-state index contributed by atoms with van der Waals surface area (Å²) in [5.74, 6) is 2.50. The minimum Gasteiger partial charge on any atom is -0.337 e. The monoisotopic (exact) mass is 355 g/mol. The summed E-state index contributed by atoms with van der Waals surface area (Å²) in [6.07, 6.45) is 11.4. The van der Waals surface area contributed by atoms with E-state index in [1.54, 1.807) is 0 Å². The summed E-state index contributed by atoms with van der Waals surface area (Å²) in [6, 6.07) is 4.38. The van der Waals surface area contributed by atoms with Gasteiger partial charge >= 0.3 is 0 Å². The average molecular weight is 356 g/mol. The van der Waals surface area contributed by atoms with Crippen LogP contribution >= 0.6 is 0 Å². The van der Waals surface area contributed by atoms with Crippen LogP contribution in [0.2, 0.25) is 18.1 Å². The van der Waals surface area contributed by atoms with Crippen molar-refractivity contribution in [1.29, 1.82) is 0 Å². The van der Waals surface area contributed by atoms with Gasteiger partial charge in [0.2, 0.25) is 0 Å². The molecule has 1 nitrogen and oxygen atoms in total. The summed E-state index contributed by atoms with van der Waals surface area (Å²) in [7, 11) is -1.32. The Balaban J connectivity index is 4.24. The number of hydrogen-bond acceptors (Lipinski definition) is 1. The summed E-state index contributed by atoms with van der Waals surface area (Å²) in [5, 5.41) is 0. The van der Waals surface area contributed by atoms with E-state index < -0.39 is 8.24 Å². The van der Waals surface area contributed by atoms with Crippen molar-refractivity contribution in [3.05, 3.63) is 0 Å². The SMILES string of the molecule is CCCCCCCCCCN[Si](CC(C)C)(CC(C)C)CC(C)C. The molecule has 0 aromatic heterocycles. The predicted molar refractivity (Wildman–Crippen MR) is 115 cm³/mol. The third-order valence-corrected chi connectivity index (χ3v) is 10.7. The maximum absolute atomic E-state index is 4.18. The van der Waals surface area contributed by atoms with Crippen molar-refractivity contribution in [3.8, 4) is 0 Å². The van der Waals surface area contributed by atoms with Crippen molar-refractivity contribution >= 4 is 8.24 Å². The first-order chi connectivity index (χ1) is 11.3. The average Bonchev–Trinajstić information content (AvgIpc) is 2.43. The Morgan fingerprint density at radius 1 is 0.583 bits per heavy atom. The van der Waals surface area contributed by atoms with E-state index in [-0.39, 0.29) is 0 Å². The van der Waals surface area contributed by atoms with Crippen LogP contribution in [0.5, 0.6) is 0 Å². The molecule has 0 unspecified atom stereocenters. The zero-order chi connectivity index (χ0) is 18.4. The van der Waals surface area contributed by atoms with E-state index in [9.17, 15) is 0 Å². The van der Waals surface area contributed by atoms with Crippen LogP contribution < -0.4 is 4.98 Å². The third-order valence-electron chi connectivity index (χ3n) is 4.93. The van der Waals surface area contributed by atoms with Gasteiger partial charge in [0.15, 0.2) is 0 Å². The van der Waals surface area contributed by atoms with Gasteiger partial charge in [-0.05, 0) is 48.9 Å². The molecule has 0 aromatic carbocycles. The minimum absolute atomic E-state index is 0.834. The summed E-state index contributed by atoms with van der Waals surface area (Å²) in [5.41, 5.74) is 0. The highest BCUT2D eigenvalue weighted by molar-refractivity contribution is 6.77. The highest BCUT2D eigenvalue weighted by atomic mass is 28.3. The summed E-state index contributed by atoms with van der Waals surface area (Å²) in [6.45, 7) is 18.1. The molecular weight excluding hydrogens is 306 g/mol. The number of nitrogens with one attached hydrogen (secondary N) is 1. The standard InChI is InChI=1S/C22H49NSi/c1-8-9-10-11-12-13-14-15-16-23-24(17-20(2)3,18-21(4)5)19-22(6)7/h20-23H,8-19H2,1-7H3. The lowest BCUT2D eigenvalue weighted by molar-refractivity contribution is 0.565. The molecule has 0 rings (SSSR count). The Hall–Kier alpha value is 0.177. The quantitative estimate of drug-likeness (QED) is 0.222. The lowest BCUT2D eigenvalue weighted by Gasteiger charge is -2.37. The molecule has 1 N–H and O–H groups in total. The highest BCUT2D eigenvalue weighted by Crippen LogP contribution is 2.30. The van der Waals surface area contributed by atoms with Crippen LogP contribution in [0.25, 0.3) is 0 Å². The molecular formula is C22H49NSi. The van der Waals surface area contributed by atoms with E-state index in [1.165, 1.54) is 76.0 Å². The van der Waals surface area contributed by atoms with E-state index in [2.05, 4.69) is 53.4 Å². The van der Waals surface area contributed by atoms with E-state index in [4.69, 9.17) is 0 Å². The van der Waals surface area contributed by atoms with Crippen molar-refractivity contribution in [1.82, 2.24) is 4.98 Å². The molecule has 146 valence electrons. The van der Waals surface area contributed by atoms with Crippen molar-refractivity contribution in [2.75, 3.05) is 6.54 Å². The molecule has 0 saturated heterocycles. The first-order valence-electron chi connectivity index (χ1n) is 11.1. The van der Waals surface area contributed by atoms with E-state index >= 15 is 0 Å². The summed E-state index contributed by atoms with van der Waals surface area (Å²) < 4.78 is 0. The van der Waals surface area contributed by atoms with Gasteiger partial charge < -0.3 is 4.98 Å². The van der Waals surface area contributed by atoms with Gasteiger partial charge in [0.25, 0.3) is 0 Å². The van der Waals surface area contributed by atoms with Crippen LogP contribution in [-0.2, 0) is 0 Å². The lowest BCUT2D eigenvalue weighted by atomic mass is 10.1. The maximum atomic E-state index is 4.18. The third kappa shape index (κ3) is 13.5. The van der Waals surface area contributed by atoms with Gasteiger partial charge in [-0.3, -0.25) is 0 Å². The molecule has 2 heteroatoms. The molecule has 0 aromatic rings. The Bertz CT molecular complexity index is 247. The lowest BCUT2D eigenvalue weighted by Crippen LogP contribution is -2.53. The van der Waals surface area contributed by atoms with Gasteiger partial charge in [-0.1, -0.05) is 93.4 Å². The van der Waals surface area contributed by atoms with Crippen LogP contribution in [0, 0.1) is 17.8 Å². The summed E-state index contributed by atoms with van der Waals surface area (Å²) in [4.78, 5) is 4.18. The second kappa shape index (κ2) is 14.4. The number of rotatable bonds is 16. The van der Waals surface area contributed by atoms with Crippen LogP contribution in [0.4, 0.5) is 0 Å². The largest absolute Gasteiger partial charge is 0.337 e. The first-order valence-corrected chi connectivity index (χ1v) is 13.7. The van der Waals surface area contributed by atoms with Crippen molar-refractivity contribution in [2.24, 2.45) is 17.8 Å². The molecule has 0 radical (unpaired) electrons. The minimum atomic E-state index is -1.32. The van der Waals surface area contributed by atoms with Gasteiger partial charge in [-0.15, -0.1) is 0 Å². The molecule has 0 aliphatic heterocycles. The number of unbranched alkanes of at least 4 members (excludes halogenated alkanes) is 7. The van der Waals surface area contributed by atoms with Crippen molar-refractivity contribution in [3.63, 3.8) is 0 Å². The smallest absolute Gasteiger partial charge is 0.126 e. The molecule has 0 heterocycles. The molecule has 0 aliphatic rings. The molecule has 0 saturated carbocycles. The van der Waals surface area contributed by atoms with Gasteiger partial charge in [-0.25, -0.2) is 0 Å². The number of hydrogen-bond donors (Lipinski definition) is 1. The van der Waals surface area contributed by atoms with E-state index in [0.29, 0.717) is 0 Å². The molecule has 0 spiro atoms. The highest BCUT2D eigenvalue weighted by Gasteiger charge is 2.34. The molecule has 24 heavy (non-hydrogen) atoms. The fraction of sp³-hybridized carbons (Fsp3) is 1.00. The van der Waals surface area contributed by atoms with Crippen molar-refractivity contribution < 1.29 is 0 Å². The molecule has 0 amide bonds. The topological polar surface area (TPSA) is 12.0 Å². The van der Waals surface area contributed by atoms with Gasteiger partial charge in [0, 0.05) is 0 Å². The predicted octanol–water partition coefficient (Wildman–Crippen LogP) is 7.63. The Kier molecular flexibility index (Phi) is 14.5. The Morgan fingerprint density at radius 2 is 0.958 bits per heavy atom. The van der Waals surface area contributed by atoms with Crippen LogP contribution in [0.1, 0.15) is 99.8 Å². The van der Waals surface area contributed by atoms with Crippen molar-refractivity contribution in [2.45, 2.75) is 118 Å². The maximum Gasteiger partial charge on any atom is 0.126 e. The fourth-order valence-corrected chi connectivity index (χ4v) is 10.8. The van der Waals surface area contributed by atoms with Crippen LogP contribution in [0.15, 0.2) is 0 Å². The Morgan fingerprint density at radius 3 is 1.33 bits per heavy atom. The normalized spacial score (nSPS) is 12.8. The zero-order valence-electron chi connectivity index (χ0n) is 18.2. The van der Waals surface area contributed by atoms with Crippen LogP contribution in [-0.4, -0.2) is 14.8 Å². The van der Waals surface area contributed by atoms with Crippen LogP contribution in [0.3, 0.4) is 0 Å². The Labute approximate surface area is 155 Å². The zero-order valence-corrected chi connectivity index (χ0v) is 19.2. The molecule has 0 atom stereocenters. The van der Waals surface area contributed by atoms with Gasteiger partial charge in [0.05, 0.1) is 0 Å². The van der Waals surface area contributed by atoms with E-state index in [0.717, 1.165) is 17.8 Å². The van der Waals surface area contributed by atoms with Gasteiger partial charge in [-0.2, -0.15) is 0 Å². The summed E-state index contributed by atoms with van der Waals surface area (Å²) >= 11 is 0.